The number of hydrazine groups is 1. The van der Waals surface area contributed by atoms with E-state index in [-0.39, 0.29) is 12.3 Å². The van der Waals surface area contributed by atoms with Crippen molar-refractivity contribution in [3.63, 3.8) is 0 Å². The molecule has 2 aromatic carbocycles. The van der Waals surface area contributed by atoms with Crippen molar-refractivity contribution in [1.82, 2.24) is 5.43 Å². The largest absolute Gasteiger partial charge is 0.489 e. The van der Waals surface area contributed by atoms with Crippen LogP contribution >= 0.6 is 11.6 Å². The van der Waals surface area contributed by atoms with Gasteiger partial charge in [0.1, 0.15) is 12.4 Å². The Morgan fingerprint density at radius 2 is 1.95 bits per heavy atom. The van der Waals surface area contributed by atoms with E-state index in [0.717, 1.165) is 22.4 Å². The maximum atomic E-state index is 11.4. The molecule has 0 aromatic heterocycles. The average Bonchev–Trinajstić information content (AvgIpc) is 2.49. The van der Waals surface area contributed by atoms with Gasteiger partial charge in [-0.2, -0.15) is 0 Å². The Morgan fingerprint density at radius 1 is 1.24 bits per heavy atom. The molecule has 0 saturated heterocycles. The quantitative estimate of drug-likeness (QED) is 0.507. The molecule has 2 aromatic rings. The number of benzene rings is 2. The van der Waals surface area contributed by atoms with Crippen molar-refractivity contribution in [1.29, 1.82) is 0 Å². The number of hydrogen-bond donors (Lipinski definition) is 2. The molecule has 3 N–H and O–H groups in total. The highest BCUT2D eigenvalue weighted by Crippen LogP contribution is 2.24. The van der Waals surface area contributed by atoms with Crippen LogP contribution in [0, 0.1) is 6.92 Å². The summed E-state index contributed by atoms with van der Waals surface area (Å²) in [5.41, 5.74) is 4.98. The molecule has 0 bridgehead atoms. The van der Waals surface area contributed by atoms with Gasteiger partial charge in [-0.15, -0.1) is 0 Å². The molecule has 0 saturated carbocycles. The number of carbonyl (C=O) groups excluding carboxylic acids is 1. The number of rotatable bonds is 5. The first-order valence-electron chi connectivity index (χ1n) is 6.55. The van der Waals surface area contributed by atoms with Crippen molar-refractivity contribution in [2.24, 2.45) is 5.84 Å². The Kier molecular flexibility index (Phi) is 5.20. The van der Waals surface area contributed by atoms with E-state index in [1.54, 1.807) is 6.07 Å². The molecule has 0 aliphatic carbocycles. The zero-order valence-electron chi connectivity index (χ0n) is 11.7. The minimum Gasteiger partial charge on any atom is -0.489 e. The summed E-state index contributed by atoms with van der Waals surface area (Å²) in [5.74, 6) is 5.63. The van der Waals surface area contributed by atoms with Crippen LogP contribution in [0.15, 0.2) is 42.5 Å². The van der Waals surface area contributed by atoms with Gasteiger partial charge in [0.05, 0.1) is 6.42 Å². The monoisotopic (exact) mass is 304 g/mol. The molecule has 4 nitrogen and oxygen atoms in total. The lowest BCUT2D eigenvalue weighted by Gasteiger charge is -2.12. The van der Waals surface area contributed by atoms with Crippen molar-refractivity contribution >= 4 is 17.5 Å². The fraction of sp³-hybridized carbons (Fsp3) is 0.188. The predicted molar refractivity (Wildman–Crippen MR) is 83.0 cm³/mol. The van der Waals surface area contributed by atoms with Gasteiger partial charge in [-0.3, -0.25) is 10.2 Å². The average molecular weight is 305 g/mol. The number of amides is 1. The Labute approximate surface area is 128 Å². The molecule has 0 aliphatic heterocycles. The van der Waals surface area contributed by atoms with Crippen LogP contribution in [0.2, 0.25) is 5.02 Å². The first-order chi connectivity index (χ1) is 10.1. The molecule has 0 aliphatic rings. The number of ether oxygens (including phenoxy) is 1. The third-order valence-corrected chi connectivity index (χ3v) is 3.40. The van der Waals surface area contributed by atoms with Crippen LogP contribution in [0.3, 0.4) is 0 Å². The molecule has 0 heterocycles. The summed E-state index contributed by atoms with van der Waals surface area (Å²) < 4.78 is 5.81. The van der Waals surface area contributed by atoms with E-state index in [0.29, 0.717) is 11.6 Å². The van der Waals surface area contributed by atoms with Gasteiger partial charge in [-0.1, -0.05) is 41.9 Å². The van der Waals surface area contributed by atoms with Crippen molar-refractivity contribution in [2.45, 2.75) is 20.0 Å². The number of nitrogens with two attached hydrogens (primary N) is 1. The van der Waals surface area contributed by atoms with Crippen LogP contribution in [-0.2, 0) is 17.8 Å². The minimum atomic E-state index is -0.235. The topological polar surface area (TPSA) is 64.3 Å². The Morgan fingerprint density at radius 3 is 2.67 bits per heavy atom. The smallest absolute Gasteiger partial charge is 0.238 e. The lowest BCUT2D eigenvalue weighted by atomic mass is 10.0. The van der Waals surface area contributed by atoms with Gasteiger partial charge in [0.15, 0.2) is 0 Å². The summed E-state index contributed by atoms with van der Waals surface area (Å²) in [6.45, 7) is 2.33. The van der Waals surface area contributed by atoms with Gasteiger partial charge < -0.3 is 4.74 Å². The van der Waals surface area contributed by atoms with E-state index in [1.165, 1.54) is 0 Å². The van der Waals surface area contributed by atoms with Crippen LogP contribution in [0.1, 0.15) is 16.7 Å². The van der Waals surface area contributed by atoms with Gasteiger partial charge in [0.25, 0.3) is 0 Å². The Bertz CT molecular complexity index is 644. The molecule has 0 unspecified atom stereocenters. The highest BCUT2D eigenvalue weighted by atomic mass is 35.5. The van der Waals surface area contributed by atoms with Crippen LogP contribution in [0.25, 0.3) is 0 Å². The number of halogens is 1. The maximum Gasteiger partial charge on any atom is 0.238 e. The highest BCUT2D eigenvalue weighted by Gasteiger charge is 2.08. The van der Waals surface area contributed by atoms with E-state index in [4.69, 9.17) is 22.2 Å². The minimum absolute atomic E-state index is 0.227. The van der Waals surface area contributed by atoms with Crippen LogP contribution in [0.4, 0.5) is 0 Å². The number of nitrogens with one attached hydrogen (secondary N) is 1. The van der Waals surface area contributed by atoms with Crippen molar-refractivity contribution < 1.29 is 9.53 Å². The SMILES string of the molecule is Cc1ccc(Cl)cc1OCc1ccccc1CC(=O)NN. The number of carbonyl (C=O) groups is 1. The summed E-state index contributed by atoms with van der Waals surface area (Å²) in [6.07, 6.45) is 0.227. The van der Waals surface area contributed by atoms with Gasteiger partial charge >= 0.3 is 0 Å². The lowest BCUT2D eigenvalue weighted by molar-refractivity contribution is -0.120. The van der Waals surface area contributed by atoms with Gasteiger partial charge in [0, 0.05) is 5.02 Å². The molecular formula is C16H17ClN2O2. The molecule has 0 atom stereocenters. The molecule has 5 heteroatoms. The number of hydrogen-bond acceptors (Lipinski definition) is 3. The summed E-state index contributed by atoms with van der Waals surface area (Å²) in [4.78, 5) is 11.4. The molecule has 0 fully saturated rings. The molecule has 110 valence electrons. The van der Waals surface area contributed by atoms with Crippen LogP contribution in [0.5, 0.6) is 5.75 Å². The van der Waals surface area contributed by atoms with Gasteiger partial charge in [0.2, 0.25) is 5.91 Å². The molecule has 1 amide bonds. The predicted octanol–water partition coefficient (Wildman–Crippen LogP) is 2.76. The fourth-order valence-electron chi connectivity index (χ4n) is 1.98. The normalized spacial score (nSPS) is 10.2. The van der Waals surface area contributed by atoms with Gasteiger partial charge in [-0.05, 0) is 35.7 Å². The third-order valence-electron chi connectivity index (χ3n) is 3.16. The highest BCUT2D eigenvalue weighted by molar-refractivity contribution is 6.30. The molecular weight excluding hydrogens is 288 g/mol. The molecule has 0 spiro atoms. The van der Waals surface area contributed by atoms with Crippen LogP contribution < -0.4 is 16.0 Å². The van der Waals surface area contributed by atoms with E-state index >= 15 is 0 Å². The van der Waals surface area contributed by atoms with E-state index < -0.39 is 0 Å². The standard InChI is InChI=1S/C16H17ClN2O2/c1-11-6-7-14(17)9-15(11)21-10-13-5-3-2-4-12(13)8-16(20)19-18/h2-7,9H,8,10,18H2,1H3,(H,19,20). The lowest BCUT2D eigenvalue weighted by Crippen LogP contribution is -2.31. The Balaban J connectivity index is 2.13. The second kappa shape index (κ2) is 7.11. The second-order valence-corrected chi connectivity index (χ2v) is 5.15. The number of aryl methyl sites for hydroxylation is 1. The summed E-state index contributed by atoms with van der Waals surface area (Å²) in [5, 5.41) is 0.631. The van der Waals surface area contributed by atoms with E-state index in [1.807, 2.05) is 43.3 Å². The molecule has 2 rings (SSSR count). The molecule has 0 radical (unpaired) electrons. The first-order valence-corrected chi connectivity index (χ1v) is 6.93. The van der Waals surface area contributed by atoms with Crippen molar-refractivity contribution in [3.05, 3.63) is 64.2 Å². The van der Waals surface area contributed by atoms with Gasteiger partial charge in [-0.25, -0.2) is 5.84 Å². The van der Waals surface area contributed by atoms with Crippen molar-refractivity contribution in [2.75, 3.05) is 0 Å². The van der Waals surface area contributed by atoms with Crippen molar-refractivity contribution in [3.8, 4) is 5.75 Å². The fourth-order valence-corrected chi connectivity index (χ4v) is 2.14. The molecule has 21 heavy (non-hydrogen) atoms. The summed E-state index contributed by atoms with van der Waals surface area (Å²) in [6, 6.07) is 13.1. The maximum absolute atomic E-state index is 11.4. The Hall–Kier alpha value is -2.04. The van der Waals surface area contributed by atoms with E-state index in [9.17, 15) is 4.79 Å². The summed E-state index contributed by atoms with van der Waals surface area (Å²) >= 11 is 5.97. The first kappa shape index (κ1) is 15.4. The van der Waals surface area contributed by atoms with Crippen LogP contribution in [-0.4, -0.2) is 5.91 Å². The zero-order valence-corrected chi connectivity index (χ0v) is 12.5. The zero-order chi connectivity index (χ0) is 15.2. The summed E-state index contributed by atoms with van der Waals surface area (Å²) in [7, 11) is 0. The third kappa shape index (κ3) is 4.21. The second-order valence-electron chi connectivity index (χ2n) is 4.71. The van der Waals surface area contributed by atoms with E-state index in [2.05, 4.69) is 5.43 Å².